The van der Waals surface area contributed by atoms with E-state index < -0.39 is 17.5 Å². The van der Waals surface area contributed by atoms with Crippen LogP contribution < -0.4 is 20.3 Å². The number of alkyl halides is 1. The van der Waals surface area contributed by atoms with Crippen molar-refractivity contribution in [1.82, 2.24) is 19.9 Å². The van der Waals surface area contributed by atoms with E-state index in [9.17, 15) is 9.18 Å². The molecular weight excluding hydrogens is 604 g/mol. The molecule has 2 N–H and O–H groups in total. The predicted molar refractivity (Wildman–Crippen MR) is 177 cm³/mol. The summed E-state index contributed by atoms with van der Waals surface area (Å²) in [6.45, 7) is 6.25. The fourth-order valence-electron chi connectivity index (χ4n) is 8.28. The first-order chi connectivity index (χ1) is 22.7. The Hall–Kier alpha value is -3.64. The molecule has 10 nitrogen and oxygen atoms in total. The van der Waals surface area contributed by atoms with Crippen molar-refractivity contribution in [1.29, 1.82) is 0 Å². The van der Waals surface area contributed by atoms with Crippen LogP contribution in [0.1, 0.15) is 63.9 Å². The third kappa shape index (κ3) is 6.22. The summed E-state index contributed by atoms with van der Waals surface area (Å²) in [5.74, 6) is -0.232. The van der Waals surface area contributed by atoms with Gasteiger partial charge in [0.05, 0.1) is 18.0 Å². The molecule has 4 aliphatic rings. The topological polar surface area (TPSA) is 110 Å². The highest BCUT2D eigenvalue weighted by atomic mass is 19.1. The van der Waals surface area contributed by atoms with Crippen molar-refractivity contribution >= 4 is 28.4 Å². The molecule has 0 amide bonds. The molecule has 1 aromatic carbocycles. The van der Waals surface area contributed by atoms with Gasteiger partial charge in [0.1, 0.15) is 29.8 Å². The number of fused-ring (bicyclic) bond motifs is 3. The molecule has 3 saturated heterocycles. The predicted octanol–water partition coefficient (Wildman–Crippen LogP) is 4.81. The van der Waals surface area contributed by atoms with E-state index in [0.29, 0.717) is 55.7 Å². The average molecular weight is 650 g/mol. The molecule has 0 aliphatic carbocycles. The Morgan fingerprint density at radius 1 is 1.15 bits per heavy atom. The van der Waals surface area contributed by atoms with E-state index in [1.807, 2.05) is 19.1 Å². The molecule has 0 saturated carbocycles. The van der Waals surface area contributed by atoms with Gasteiger partial charge in [0, 0.05) is 68.6 Å². The van der Waals surface area contributed by atoms with Gasteiger partial charge in [0.25, 0.3) is 0 Å². The van der Waals surface area contributed by atoms with Crippen LogP contribution in [0.5, 0.6) is 6.01 Å². The number of esters is 1. The molecule has 0 bridgehead atoms. The van der Waals surface area contributed by atoms with Crippen LogP contribution in [-0.2, 0) is 16.0 Å². The Morgan fingerprint density at radius 2 is 2.00 bits per heavy atom. The molecule has 7 rings (SSSR count). The molecule has 2 aromatic heterocycles. The molecule has 3 fully saturated rings. The van der Waals surface area contributed by atoms with Gasteiger partial charge in [-0.3, -0.25) is 14.7 Å². The number of anilines is 2. The van der Waals surface area contributed by atoms with Crippen molar-refractivity contribution in [3.05, 3.63) is 35.8 Å². The highest BCUT2D eigenvalue weighted by molar-refractivity contribution is 5.93. The number of nitrogens with two attached hydrogens (primary N) is 1. The Labute approximate surface area is 274 Å². The largest absolute Gasteiger partial charge is 0.469 e. The van der Waals surface area contributed by atoms with Crippen molar-refractivity contribution in [3.63, 3.8) is 0 Å². The first-order valence-corrected chi connectivity index (χ1v) is 17.0. The number of aromatic nitrogens is 3. The van der Waals surface area contributed by atoms with Gasteiger partial charge in [-0.2, -0.15) is 9.97 Å². The number of rotatable bonds is 9. The van der Waals surface area contributed by atoms with Crippen molar-refractivity contribution in [2.24, 2.45) is 5.73 Å². The van der Waals surface area contributed by atoms with Gasteiger partial charge >= 0.3 is 12.0 Å². The number of nitrogens with zero attached hydrogens (tertiary/aromatic N) is 6. The second-order valence-corrected chi connectivity index (χ2v) is 14.1. The first kappa shape index (κ1) is 31.9. The molecule has 0 unspecified atom stereocenters. The van der Waals surface area contributed by atoms with Crippen molar-refractivity contribution < 1.29 is 23.0 Å². The fraction of sp³-hybridized carbons (Fsp3) is 0.600. The molecule has 6 heterocycles. The van der Waals surface area contributed by atoms with E-state index in [4.69, 9.17) is 25.2 Å². The normalized spacial score (nSPS) is 26.0. The second kappa shape index (κ2) is 12.8. The van der Waals surface area contributed by atoms with Gasteiger partial charge in [0.2, 0.25) is 0 Å². The number of piperidine rings is 1. The Balaban J connectivity index is 1.28. The zero-order valence-electron chi connectivity index (χ0n) is 27.4. The Bertz CT molecular complexity index is 1660. The molecular formula is C35H45F2N7O3. The Kier molecular flexibility index (Phi) is 8.67. The quantitative estimate of drug-likeness (QED) is 0.325. The van der Waals surface area contributed by atoms with Crippen molar-refractivity contribution in [2.45, 2.75) is 82.0 Å². The van der Waals surface area contributed by atoms with E-state index in [2.05, 4.69) is 25.8 Å². The minimum atomic E-state index is -0.884. The van der Waals surface area contributed by atoms with E-state index in [-0.39, 0.29) is 35.3 Å². The van der Waals surface area contributed by atoms with E-state index in [0.717, 1.165) is 69.4 Å². The summed E-state index contributed by atoms with van der Waals surface area (Å²) < 4.78 is 42.6. The van der Waals surface area contributed by atoms with Crippen molar-refractivity contribution in [2.75, 3.05) is 62.8 Å². The average Bonchev–Trinajstić information content (AvgIpc) is 3.58. The fourth-order valence-corrected chi connectivity index (χ4v) is 8.28. The lowest BCUT2D eigenvalue weighted by atomic mass is 9.92. The van der Waals surface area contributed by atoms with E-state index in [1.54, 1.807) is 6.20 Å². The maximum atomic E-state index is 17.0. The third-order valence-electron chi connectivity index (χ3n) is 10.5. The molecule has 0 spiro atoms. The number of hydrogen-bond donors (Lipinski definition) is 1. The monoisotopic (exact) mass is 649 g/mol. The molecule has 3 atom stereocenters. The minimum Gasteiger partial charge on any atom is -0.469 e. The van der Waals surface area contributed by atoms with Crippen LogP contribution in [0, 0.1) is 5.82 Å². The summed E-state index contributed by atoms with van der Waals surface area (Å²) in [6, 6.07) is 6.00. The number of halogens is 2. The number of hydrogen-bond acceptors (Lipinski definition) is 10. The summed E-state index contributed by atoms with van der Waals surface area (Å²) >= 11 is 0. The maximum absolute atomic E-state index is 17.0. The number of aryl methyl sites for hydroxylation is 1. The number of benzene rings is 1. The van der Waals surface area contributed by atoms with Crippen LogP contribution >= 0.6 is 0 Å². The van der Waals surface area contributed by atoms with E-state index >= 15 is 4.39 Å². The highest BCUT2D eigenvalue weighted by Crippen LogP contribution is 2.42. The molecule has 47 heavy (non-hydrogen) atoms. The van der Waals surface area contributed by atoms with Crippen LogP contribution in [0.2, 0.25) is 0 Å². The van der Waals surface area contributed by atoms with Gasteiger partial charge in [-0.05, 0) is 64.0 Å². The van der Waals surface area contributed by atoms with Gasteiger partial charge in [-0.25, -0.2) is 8.78 Å². The number of methoxy groups -OCH3 is 1. The van der Waals surface area contributed by atoms with Gasteiger partial charge in [0.15, 0.2) is 5.82 Å². The standard InChI is InChI=1S/C35H45F2N7O3/c1-34(38)12-6-16-43(21-34)32-26-19-39-29(25-10-3-8-23-9-4-14-42(31(23)25)15-5-11-27(45)46-2)28(37)30(26)40-33(41-32)47-22-35-13-7-17-44(35)20-24(36)18-35/h3,8,10,19,24H,4-7,9,11-18,20-22,38H2,1-2H3/t24-,34-,35+/m1/s1. The van der Waals surface area contributed by atoms with Gasteiger partial charge in [-0.15, -0.1) is 0 Å². The smallest absolute Gasteiger partial charge is 0.319 e. The maximum Gasteiger partial charge on any atom is 0.319 e. The van der Waals surface area contributed by atoms with Crippen LogP contribution in [-0.4, -0.2) is 96.1 Å². The molecule has 0 radical (unpaired) electrons. The SMILES string of the molecule is COC(=O)CCCN1CCCc2cccc(-c3ncc4c(N5CCC[C@@](C)(N)C5)nc(OC[C@@]56CCCN5C[C@H](F)C6)nc4c3F)c21. The molecule has 12 heteroatoms. The minimum absolute atomic E-state index is 0.0795. The lowest BCUT2D eigenvalue weighted by Gasteiger charge is -2.39. The van der Waals surface area contributed by atoms with Crippen molar-refractivity contribution in [3.8, 4) is 17.3 Å². The van der Waals surface area contributed by atoms with Crippen LogP contribution in [0.15, 0.2) is 24.4 Å². The first-order valence-electron chi connectivity index (χ1n) is 17.0. The Morgan fingerprint density at radius 3 is 2.83 bits per heavy atom. The number of ether oxygens (including phenoxy) is 2. The highest BCUT2D eigenvalue weighted by Gasteiger charge is 2.49. The summed E-state index contributed by atoms with van der Waals surface area (Å²) in [5, 5.41) is 0.501. The van der Waals surface area contributed by atoms with Crippen LogP contribution in [0.3, 0.4) is 0 Å². The van der Waals surface area contributed by atoms with Crippen LogP contribution in [0.4, 0.5) is 20.3 Å². The zero-order chi connectivity index (χ0) is 32.8. The molecule has 252 valence electrons. The number of carbonyl (C=O) groups excluding carboxylic acids is 1. The summed E-state index contributed by atoms with van der Waals surface area (Å²) in [6.07, 6.45) is 7.60. The van der Waals surface area contributed by atoms with E-state index in [1.165, 1.54) is 7.11 Å². The van der Waals surface area contributed by atoms with Crippen LogP contribution in [0.25, 0.3) is 22.2 Å². The zero-order valence-corrected chi connectivity index (χ0v) is 27.4. The second-order valence-electron chi connectivity index (χ2n) is 14.1. The summed E-state index contributed by atoms with van der Waals surface area (Å²) in [5.41, 5.74) is 8.88. The number of para-hydroxylation sites is 1. The molecule has 3 aromatic rings. The summed E-state index contributed by atoms with van der Waals surface area (Å²) in [7, 11) is 1.40. The lowest BCUT2D eigenvalue weighted by Crippen LogP contribution is -2.52. The number of pyridine rings is 1. The lowest BCUT2D eigenvalue weighted by molar-refractivity contribution is -0.140. The van der Waals surface area contributed by atoms with Gasteiger partial charge in [-0.1, -0.05) is 18.2 Å². The number of carbonyl (C=O) groups is 1. The van der Waals surface area contributed by atoms with Gasteiger partial charge < -0.3 is 25.0 Å². The third-order valence-corrected chi connectivity index (χ3v) is 10.5. The summed E-state index contributed by atoms with van der Waals surface area (Å²) in [4.78, 5) is 32.5. The molecule has 4 aliphatic heterocycles.